The van der Waals surface area contributed by atoms with Crippen LogP contribution in [0.15, 0.2) is 30.3 Å². The minimum absolute atomic E-state index is 0.0651. The van der Waals surface area contributed by atoms with Crippen molar-refractivity contribution < 1.29 is 27.9 Å². The Morgan fingerprint density at radius 1 is 1.27 bits per heavy atom. The number of carbonyl (C=O) groups excluding carboxylic acids is 3. The summed E-state index contributed by atoms with van der Waals surface area (Å²) in [5.41, 5.74) is -0.545. The number of aryl methyl sites for hydroxylation is 1. The molecule has 4 rings (SSSR count). The van der Waals surface area contributed by atoms with Gasteiger partial charge < -0.3 is 9.64 Å². The van der Waals surface area contributed by atoms with Crippen LogP contribution in [-0.2, 0) is 9.59 Å². The molecule has 1 spiro atoms. The number of nitrogens with zero attached hydrogens (tertiary/aromatic N) is 2. The number of ether oxygens (including phenoxy) is 1. The van der Waals surface area contributed by atoms with Gasteiger partial charge in [0.25, 0.3) is 11.8 Å². The molecule has 2 aromatic rings. The number of benzene rings is 2. The first-order valence-corrected chi connectivity index (χ1v) is 9.71. The third kappa shape index (κ3) is 3.12. The van der Waals surface area contributed by atoms with Crippen molar-refractivity contribution >= 4 is 29.6 Å². The molecule has 2 aliphatic rings. The van der Waals surface area contributed by atoms with Crippen LogP contribution in [0.3, 0.4) is 0 Å². The topological polar surface area (TPSA) is 66.9 Å². The van der Waals surface area contributed by atoms with E-state index in [4.69, 9.17) is 4.74 Å². The first kappa shape index (κ1) is 20.0. The standard InChI is InChI=1S/C22H20F2N2O4/c1-3-8-25-18-11-17(16(24)10-19(18)30-22(6-7-22)21(25)29)26(12-27)20(28)15-5-4-14(23)9-13(15)2/h4-5,9-12H,3,6-8H2,1-2H3. The van der Waals surface area contributed by atoms with Crippen LogP contribution in [0.4, 0.5) is 20.2 Å². The van der Waals surface area contributed by atoms with E-state index in [2.05, 4.69) is 0 Å². The highest BCUT2D eigenvalue weighted by molar-refractivity contribution is 6.16. The molecule has 30 heavy (non-hydrogen) atoms. The van der Waals surface area contributed by atoms with E-state index in [0.717, 1.165) is 18.2 Å². The maximum Gasteiger partial charge on any atom is 0.271 e. The monoisotopic (exact) mass is 414 g/mol. The normalized spacial score (nSPS) is 16.1. The van der Waals surface area contributed by atoms with Crippen LogP contribution in [0.1, 0.15) is 42.1 Å². The Morgan fingerprint density at radius 2 is 2.00 bits per heavy atom. The maximum atomic E-state index is 14.9. The fourth-order valence-corrected chi connectivity index (χ4v) is 3.71. The SMILES string of the molecule is CCCN1C(=O)C2(CC2)Oc2cc(F)c(N(C=O)C(=O)c3ccc(F)cc3C)cc21. The fraction of sp³-hybridized carbons (Fsp3) is 0.318. The summed E-state index contributed by atoms with van der Waals surface area (Å²) in [7, 11) is 0. The molecule has 0 aromatic heterocycles. The minimum atomic E-state index is -0.929. The largest absolute Gasteiger partial charge is 0.475 e. The summed E-state index contributed by atoms with van der Waals surface area (Å²) in [5, 5.41) is 0. The van der Waals surface area contributed by atoms with Crippen LogP contribution < -0.4 is 14.5 Å². The van der Waals surface area contributed by atoms with Gasteiger partial charge in [-0.05, 0) is 43.2 Å². The molecule has 0 saturated heterocycles. The van der Waals surface area contributed by atoms with Gasteiger partial charge >= 0.3 is 0 Å². The molecular formula is C22H20F2N2O4. The van der Waals surface area contributed by atoms with Crippen LogP contribution in [0.25, 0.3) is 0 Å². The number of fused-ring (bicyclic) bond motifs is 1. The summed E-state index contributed by atoms with van der Waals surface area (Å²) in [6.45, 7) is 3.83. The number of hydrogen-bond acceptors (Lipinski definition) is 4. The van der Waals surface area contributed by atoms with Gasteiger partial charge in [-0.3, -0.25) is 14.4 Å². The number of carbonyl (C=O) groups is 3. The van der Waals surface area contributed by atoms with Crippen LogP contribution in [0.5, 0.6) is 5.75 Å². The van der Waals surface area contributed by atoms with Crippen LogP contribution >= 0.6 is 0 Å². The lowest BCUT2D eigenvalue weighted by atomic mass is 10.1. The molecule has 0 unspecified atom stereocenters. The molecule has 2 aromatic carbocycles. The second-order valence-electron chi connectivity index (χ2n) is 7.56. The fourth-order valence-electron chi connectivity index (χ4n) is 3.71. The zero-order chi connectivity index (χ0) is 21.6. The van der Waals surface area contributed by atoms with Crippen molar-refractivity contribution in [2.24, 2.45) is 0 Å². The van der Waals surface area contributed by atoms with Crippen molar-refractivity contribution in [1.82, 2.24) is 0 Å². The van der Waals surface area contributed by atoms with Crippen molar-refractivity contribution in [1.29, 1.82) is 0 Å². The molecule has 1 aliphatic carbocycles. The van der Waals surface area contributed by atoms with E-state index >= 15 is 0 Å². The average Bonchev–Trinajstić information content (AvgIpc) is 3.47. The first-order chi connectivity index (χ1) is 14.3. The third-order valence-corrected chi connectivity index (χ3v) is 5.41. The third-order valence-electron chi connectivity index (χ3n) is 5.41. The van der Waals surface area contributed by atoms with Crippen molar-refractivity contribution in [3.05, 3.63) is 53.1 Å². The molecule has 3 amide bonds. The molecule has 1 heterocycles. The van der Waals surface area contributed by atoms with Gasteiger partial charge in [-0.2, -0.15) is 0 Å². The molecule has 1 fully saturated rings. The van der Waals surface area contributed by atoms with Gasteiger partial charge in [0.15, 0.2) is 11.4 Å². The van der Waals surface area contributed by atoms with E-state index < -0.39 is 23.1 Å². The van der Waals surface area contributed by atoms with Gasteiger partial charge in [-0.15, -0.1) is 0 Å². The molecule has 0 radical (unpaired) electrons. The Bertz CT molecular complexity index is 1070. The van der Waals surface area contributed by atoms with Crippen LogP contribution in [0.2, 0.25) is 0 Å². The van der Waals surface area contributed by atoms with E-state index in [1.165, 1.54) is 24.0 Å². The van der Waals surface area contributed by atoms with Crippen molar-refractivity contribution in [2.75, 3.05) is 16.3 Å². The summed E-state index contributed by atoms with van der Waals surface area (Å²) >= 11 is 0. The number of amides is 3. The predicted octanol–water partition coefficient (Wildman–Crippen LogP) is 3.74. The van der Waals surface area contributed by atoms with Crippen LogP contribution in [-0.4, -0.2) is 30.4 Å². The molecule has 8 heteroatoms. The van der Waals surface area contributed by atoms with Crippen molar-refractivity contribution in [3.63, 3.8) is 0 Å². The van der Waals surface area contributed by atoms with E-state index in [0.29, 0.717) is 42.0 Å². The van der Waals surface area contributed by atoms with Gasteiger partial charge in [-0.25, -0.2) is 13.7 Å². The minimum Gasteiger partial charge on any atom is -0.475 e. The molecule has 1 saturated carbocycles. The molecular weight excluding hydrogens is 394 g/mol. The first-order valence-electron chi connectivity index (χ1n) is 9.71. The Kier molecular flexibility index (Phi) is 4.80. The van der Waals surface area contributed by atoms with Crippen molar-refractivity contribution in [2.45, 2.75) is 38.7 Å². The molecule has 1 aliphatic heterocycles. The molecule has 156 valence electrons. The molecule has 0 N–H and O–H groups in total. The number of halogens is 2. The summed E-state index contributed by atoms with van der Waals surface area (Å²) in [4.78, 5) is 39.7. The highest BCUT2D eigenvalue weighted by atomic mass is 19.1. The van der Waals surface area contributed by atoms with Gasteiger partial charge in [-0.1, -0.05) is 6.92 Å². The zero-order valence-electron chi connectivity index (χ0n) is 16.6. The molecule has 0 bridgehead atoms. The predicted molar refractivity (Wildman–Crippen MR) is 106 cm³/mol. The maximum absolute atomic E-state index is 14.9. The van der Waals surface area contributed by atoms with Crippen molar-refractivity contribution in [3.8, 4) is 5.75 Å². The van der Waals surface area contributed by atoms with Gasteiger partial charge in [0.05, 0.1) is 11.4 Å². The Labute approximate surface area is 172 Å². The Hall–Kier alpha value is -3.29. The summed E-state index contributed by atoms with van der Waals surface area (Å²) in [6, 6.07) is 5.87. The number of anilines is 2. The van der Waals surface area contributed by atoms with E-state index in [9.17, 15) is 23.2 Å². The second kappa shape index (κ2) is 7.19. The summed E-state index contributed by atoms with van der Waals surface area (Å²) in [6.07, 6.45) is 2.00. The molecule has 0 atom stereocenters. The van der Waals surface area contributed by atoms with Gasteiger partial charge in [0.1, 0.15) is 11.6 Å². The number of rotatable bonds is 5. The second-order valence-corrected chi connectivity index (χ2v) is 7.56. The summed E-state index contributed by atoms with van der Waals surface area (Å²) in [5.74, 6) is -2.16. The number of hydrogen-bond donors (Lipinski definition) is 0. The number of imide groups is 1. The smallest absolute Gasteiger partial charge is 0.271 e. The van der Waals surface area contributed by atoms with Gasteiger partial charge in [0, 0.05) is 31.0 Å². The Morgan fingerprint density at radius 3 is 2.60 bits per heavy atom. The average molecular weight is 414 g/mol. The zero-order valence-corrected chi connectivity index (χ0v) is 16.6. The highest BCUT2D eigenvalue weighted by Crippen LogP contribution is 2.50. The lowest BCUT2D eigenvalue weighted by Gasteiger charge is -2.35. The summed E-state index contributed by atoms with van der Waals surface area (Å²) < 4.78 is 34.1. The lowest BCUT2D eigenvalue weighted by molar-refractivity contribution is -0.128. The lowest BCUT2D eigenvalue weighted by Crippen LogP contribution is -2.48. The van der Waals surface area contributed by atoms with E-state index in [1.54, 1.807) is 0 Å². The highest BCUT2D eigenvalue weighted by Gasteiger charge is 2.58. The van der Waals surface area contributed by atoms with E-state index in [-0.39, 0.29) is 29.3 Å². The van der Waals surface area contributed by atoms with Gasteiger partial charge in [0.2, 0.25) is 6.41 Å². The molecule has 6 nitrogen and oxygen atoms in total. The Balaban J connectivity index is 1.78. The van der Waals surface area contributed by atoms with Crippen LogP contribution in [0, 0.1) is 18.6 Å². The quantitative estimate of drug-likeness (QED) is 0.699. The van der Waals surface area contributed by atoms with E-state index in [1.807, 2.05) is 6.92 Å².